The Kier molecular flexibility index (Phi) is 7.06. The number of rotatable bonds is 4. The summed E-state index contributed by atoms with van der Waals surface area (Å²) in [6.45, 7) is 0. The molecule has 2 aromatic carbocycles. The van der Waals surface area contributed by atoms with Gasteiger partial charge in [-0.05, 0) is 30.3 Å². The van der Waals surface area contributed by atoms with E-state index in [1.807, 2.05) is 35.0 Å². The van der Waals surface area contributed by atoms with Gasteiger partial charge in [0.05, 0.1) is 16.1 Å². The Labute approximate surface area is 196 Å². The number of ether oxygens (including phenoxy) is 1. The standard InChI is InChI=1S/C14H8ClFN2OS.C9H7NOS/c15-9-7-11(16)13(18-8-9)19-12-4-2-1-3-10(12)14-17-5-6-20-14;11-8-4-2-1-3-7(8)9-10-5-6-12-9/h1-8H;1-6,11H. The molecule has 0 atom stereocenters. The molecule has 0 unspecified atom stereocenters. The minimum Gasteiger partial charge on any atom is -0.507 e. The van der Waals surface area contributed by atoms with E-state index in [0.717, 1.165) is 27.2 Å². The van der Waals surface area contributed by atoms with E-state index < -0.39 is 5.82 Å². The molecule has 0 aliphatic heterocycles. The van der Waals surface area contributed by atoms with Crippen LogP contribution in [0.3, 0.4) is 0 Å². The number of pyridine rings is 1. The predicted molar refractivity (Wildman–Crippen MR) is 126 cm³/mol. The van der Waals surface area contributed by atoms with E-state index in [-0.39, 0.29) is 16.7 Å². The van der Waals surface area contributed by atoms with Crippen molar-refractivity contribution in [1.29, 1.82) is 0 Å². The zero-order chi connectivity index (χ0) is 22.3. The van der Waals surface area contributed by atoms with Gasteiger partial charge in [0.1, 0.15) is 21.5 Å². The molecular formula is C23H15ClFN3O2S2. The third kappa shape index (κ3) is 5.28. The molecule has 0 saturated heterocycles. The summed E-state index contributed by atoms with van der Waals surface area (Å²) in [5.74, 6) is 0.0634. The summed E-state index contributed by atoms with van der Waals surface area (Å²) in [5, 5.41) is 15.1. The second-order valence-electron chi connectivity index (χ2n) is 6.23. The number of para-hydroxylation sites is 2. The first-order valence-corrected chi connectivity index (χ1v) is 11.4. The van der Waals surface area contributed by atoms with Gasteiger partial charge in [0.25, 0.3) is 5.88 Å². The first-order valence-electron chi connectivity index (χ1n) is 9.27. The van der Waals surface area contributed by atoms with Gasteiger partial charge in [0, 0.05) is 29.4 Å². The topological polar surface area (TPSA) is 68.1 Å². The molecule has 1 N–H and O–H groups in total. The van der Waals surface area contributed by atoms with Gasteiger partial charge in [-0.1, -0.05) is 35.9 Å². The first kappa shape index (κ1) is 21.9. The molecule has 0 aliphatic carbocycles. The number of hydrogen-bond acceptors (Lipinski definition) is 7. The minimum atomic E-state index is -0.605. The first-order chi connectivity index (χ1) is 15.6. The number of nitrogens with zero attached hydrogens (tertiary/aromatic N) is 3. The lowest BCUT2D eigenvalue weighted by atomic mass is 10.2. The predicted octanol–water partition coefficient (Wildman–Crippen LogP) is 7.31. The Bertz CT molecular complexity index is 1300. The minimum absolute atomic E-state index is 0.113. The summed E-state index contributed by atoms with van der Waals surface area (Å²) in [4.78, 5) is 12.2. The van der Waals surface area contributed by atoms with Gasteiger partial charge in [-0.25, -0.2) is 19.3 Å². The van der Waals surface area contributed by atoms with Crippen LogP contribution in [0.25, 0.3) is 21.1 Å². The van der Waals surface area contributed by atoms with Crippen LogP contribution in [0.4, 0.5) is 4.39 Å². The highest BCUT2D eigenvalue weighted by atomic mass is 35.5. The van der Waals surface area contributed by atoms with E-state index in [1.165, 1.54) is 28.9 Å². The Balaban J connectivity index is 0.000000174. The van der Waals surface area contributed by atoms with E-state index in [2.05, 4.69) is 15.0 Å². The summed E-state index contributed by atoms with van der Waals surface area (Å²) in [5.41, 5.74) is 1.59. The monoisotopic (exact) mass is 483 g/mol. The zero-order valence-electron chi connectivity index (χ0n) is 16.4. The van der Waals surface area contributed by atoms with Crippen molar-refractivity contribution in [3.05, 3.63) is 94.8 Å². The molecule has 0 spiro atoms. The van der Waals surface area contributed by atoms with Gasteiger partial charge in [-0.2, -0.15) is 0 Å². The average Bonchev–Trinajstić information content (AvgIpc) is 3.51. The number of aromatic hydroxyl groups is 1. The molecule has 5 aromatic rings. The molecule has 0 aliphatic rings. The molecule has 5 nitrogen and oxygen atoms in total. The fourth-order valence-electron chi connectivity index (χ4n) is 2.68. The van der Waals surface area contributed by atoms with Crippen LogP contribution in [-0.4, -0.2) is 20.1 Å². The van der Waals surface area contributed by atoms with Gasteiger partial charge in [-0.3, -0.25) is 0 Å². The largest absolute Gasteiger partial charge is 0.507 e. The van der Waals surface area contributed by atoms with E-state index in [0.29, 0.717) is 5.75 Å². The molecule has 0 saturated carbocycles. The Morgan fingerprint density at radius 2 is 1.47 bits per heavy atom. The number of phenols is 1. The molecule has 3 heterocycles. The normalized spacial score (nSPS) is 10.3. The molecule has 3 aromatic heterocycles. The molecule has 32 heavy (non-hydrogen) atoms. The van der Waals surface area contributed by atoms with Crippen LogP contribution in [0.5, 0.6) is 17.4 Å². The molecular weight excluding hydrogens is 469 g/mol. The number of hydrogen-bond donors (Lipinski definition) is 1. The summed E-state index contributed by atoms with van der Waals surface area (Å²) in [6, 6.07) is 15.6. The molecule has 160 valence electrons. The van der Waals surface area contributed by atoms with Crippen molar-refractivity contribution in [2.24, 2.45) is 0 Å². The van der Waals surface area contributed by atoms with Crippen LogP contribution in [0.2, 0.25) is 5.02 Å². The Morgan fingerprint density at radius 3 is 2.09 bits per heavy atom. The highest BCUT2D eigenvalue weighted by Crippen LogP contribution is 2.34. The van der Waals surface area contributed by atoms with Crippen LogP contribution in [0, 0.1) is 5.82 Å². The number of aromatic nitrogens is 3. The second kappa shape index (κ2) is 10.3. The van der Waals surface area contributed by atoms with Crippen molar-refractivity contribution < 1.29 is 14.2 Å². The van der Waals surface area contributed by atoms with E-state index in [1.54, 1.807) is 36.7 Å². The third-order valence-electron chi connectivity index (χ3n) is 4.10. The van der Waals surface area contributed by atoms with Crippen molar-refractivity contribution in [3.63, 3.8) is 0 Å². The van der Waals surface area contributed by atoms with Gasteiger partial charge in [0.2, 0.25) is 0 Å². The van der Waals surface area contributed by atoms with Crippen molar-refractivity contribution in [2.75, 3.05) is 0 Å². The Hall–Kier alpha value is -3.33. The third-order valence-corrected chi connectivity index (χ3v) is 5.92. The van der Waals surface area contributed by atoms with E-state index >= 15 is 0 Å². The van der Waals surface area contributed by atoms with Crippen LogP contribution < -0.4 is 4.74 Å². The SMILES string of the molecule is Fc1cc(Cl)cnc1Oc1ccccc1-c1nccs1.Oc1ccccc1-c1nccs1. The van der Waals surface area contributed by atoms with Crippen molar-refractivity contribution in [1.82, 2.24) is 15.0 Å². The summed E-state index contributed by atoms with van der Waals surface area (Å²) in [6.07, 6.45) is 4.77. The van der Waals surface area contributed by atoms with E-state index in [4.69, 9.17) is 16.3 Å². The van der Waals surface area contributed by atoms with Crippen LogP contribution >= 0.6 is 34.3 Å². The van der Waals surface area contributed by atoms with Crippen molar-refractivity contribution in [3.8, 4) is 38.5 Å². The van der Waals surface area contributed by atoms with Crippen molar-refractivity contribution in [2.45, 2.75) is 0 Å². The van der Waals surface area contributed by atoms with E-state index in [9.17, 15) is 9.50 Å². The maximum atomic E-state index is 13.7. The van der Waals surface area contributed by atoms with Gasteiger partial charge < -0.3 is 9.84 Å². The molecule has 5 rings (SSSR count). The molecule has 0 amide bonds. The van der Waals surface area contributed by atoms with Crippen molar-refractivity contribution >= 4 is 34.3 Å². The number of benzene rings is 2. The lowest BCUT2D eigenvalue weighted by Crippen LogP contribution is -1.93. The van der Waals surface area contributed by atoms with Crippen LogP contribution in [0.15, 0.2) is 83.9 Å². The fourth-order valence-corrected chi connectivity index (χ4v) is 4.17. The lowest BCUT2D eigenvalue weighted by molar-refractivity contribution is 0.424. The smallest absolute Gasteiger partial charge is 0.255 e. The van der Waals surface area contributed by atoms with Gasteiger partial charge in [0.15, 0.2) is 5.82 Å². The average molecular weight is 484 g/mol. The highest BCUT2D eigenvalue weighted by Gasteiger charge is 2.12. The zero-order valence-corrected chi connectivity index (χ0v) is 18.7. The van der Waals surface area contributed by atoms with Crippen LogP contribution in [0.1, 0.15) is 0 Å². The number of thiazole rings is 2. The molecule has 0 radical (unpaired) electrons. The van der Waals surface area contributed by atoms with Gasteiger partial charge >= 0.3 is 0 Å². The quantitative estimate of drug-likeness (QED) is 0.290. The van der Waals surface area contributed by atoms with Crippen LogP contribution in [-0.2, 0) is 0 Å². The maximum absolute atomic E-state index is 13.7. The number of phenolic OH excluding ortho intramolecular Hbond substituents is 1. The highest BCUT2D eigenvalue weighted by molar-refractivity contribution is 7.13. The summed E-state index contributed by atoms with van der Waals surface area (Å²) >= 11 is 8.67. The molecule has 0 bridgehead atoms. The summed E-state index contributed by atoms with van der Waals surface area (Å²) in [7, 11) is 0. The summed E-state index contributed by atoms with van der Waals surface area (Å²) < 4.78 is 19.3. The molecule has 0 fully saturated rings. The Morgan fingerprint density at radius 1 is 0.844 bits per heavy atom. The molecule has 9 heteroatoms. The second-order valence-corrected chi connectivity index (χ2v) is 8.46. The maximum Gasteiger partial charge on any atom is 0.255 e. The van der Waals surface area contributed by atoms with Gasteiger partial charge in [-0.15, -0.1) is 22.7 Å². The number of halogens is 2. The fraction of sp³-hybridized carbons (Fsp3) is 0. The lowest BCUT2D eigenvalue weighted by Gasteiger charge is -2.09.